The van der Waals surface area contributed by atoms with Gasteiger partial charge >= 0.3 is 6.18 Å². The lowest BCUT2D eigenvalue weighted by atomic mass is 10.1. The first kappa shape index (κ1) is 14.1. The van der Waals surface area contributed by atoms with E-state index in [9.17, 15) is 13.2 Å². The van der Waals surface area contributed by atoms with Crippen LogP contribution in [0.3, 0.4) is 0 Å². The summed E-state index contributed by atoms with van der Waals surface area (Å²) in [6, 6.07) is 3.55. The molecular weight excluding hydrogens is 233 g/mol. The monoisotopic (exact) mass is 250 g/mol. The minimum atomic E-state index is -4.25. The predicted molar refractivity (Wildman–Crippen MR) is 58.4 cm³/mol. The highest BCUT2D eigenvalue weighted by Gasteiger charge is 2.38. The first-order valence-corrected chi connectivity index (χ1v) is 5.33. The van der Waals surface area contributed by atoms with Crippen LogP contribution in [0.4, 0.5) is 13.2 Å². The first-order valence-electron chi connectivity index (χ1n) is 5.33. The van der Waals surface area contributed by atoms with Crippen LogP contribution in [0.1, 0.15) is 11.5 Å². The van der Waals surface area contributed by atoms with E-state index in [-0.39, 0.29) is 6.54 Å². The van der Waals surface area contributed by atoms with E-state index in [2.05, 4.69) is 0 Å². The Kier molecular flexibility index (Phi) is 4.59. The van der Waals surface area contributed by atoms with Crippen LogP contribution in [0.25, 0.3) is 0 Å². The van der Waals surface area contributed by atoms with Crippen LogP contribution in [0.5, 0.6) is 0 Å². The van der Waals surface area contributed by atoms with Gasteiger partial charge in [-0.05, 0) is 26.1 Å². The van der Waals surface area contributed by atoms with E-state index >= 15 is 0 Å². The van der Waals surface area contributed by atoms with Gasteiger partial charge in [-0.1, -0.05) is 0 Å². The lowest BCUT2D eigenvalue weighted by molar-refractivity contribution is -0.175. The number of aryl methyl sites for hydroxylation is 1. The summed E-state index contributed by atoms with van der Waals surface area (Å²) in [5.41, 5.74) is 5.13. The van der Waals surface area contributed by atoms with Crippen LogP contribution in [0, 0.1) is 12.8 Å². The van der Waals surface area contributed by atoms with E-state index in [0.717, 1.165) is 5.76 Å². The van der Waals surface area contributed by atoms with Gasteiger partial charge in [0.1, 0.15) is 11.5 Å². The second-order valence-electron chi connectivity index (χ2n) is 4.18. The summed E-state index contributed by atoms with van der Waals surface area (Å²) in [5, 5.41) is 0. The molecule has 3 nitrogen and oxygen atoms in total. The quantitative estimate of drug-likeness (QED) is 0.870. The topological polar surface area (TPSA) is 42.4 Å². The van der Waals surface area contributed by atoms with Crippen molar-refractivity contribution in [2.45, 2.75) is 19.6 Å². The average Bonchev–Trinajstić information content (AvgIpc) is 2.58. The summed E-state index contributed by atoms with van der Waals surface area (Å²) >= 11 is 0. The molecule has 1 aromatic heterocycles. The molecule has 98 valence electrons. The molecule has 0 saturated carbocycles. The molecule has 0 aliphatic heterocycles. The number of nitrogens with zero attached hydrogens (tertiary/aromatic N) is 1. The molecule has 1 atom stereocenters. The summed E-state index contributed by atoms with van der Waals surface area (Å²) in [6.07, 6.45) is -4.25. The highest BCUT2D eigenvalue weighted by Crippen LogP contribution is 2.26. The number of hydrogen-bond donors (Lipinski definition) is 1. The van der Waals surface area contributed by atoms with E-state index in [1.807, 2.05) is 0 Å². The van der Waals surface area contributed by atoms with Crippen LogP contribution in [-0.2, 0) is 6.54 Å². The van der Waals surface area contributed by atoms with Gasteiger partial charge < -0.3 is 10.2 Å². The van der Waals surface area contributed by atoms with E-state index in [1.54, 1.807) is 31.0 Å². The lowest BCUT2D eigenvalue weighted by Gasteiger charge is -2.24. The molecule has 0 aliphatic carbocycles. The van der Waals surface area contributed by atoms with Crippen molar-refractivity contribution >= 4 is 0 Å². The van der Waals surface area contributed by atoms with Gasteiger partial charge in [0, 0.05) is 13.1 Å². The van der Waals surface area contributed by atoms with Crippen molar-refractivity contribution in [2.75, 3.05) is 20.1 Å². The normalized spacial score (nSPS) is 14.3. The van der Waals surface area contributed by atoms with E-state index in [1.165, 1.54) is 0 Å². The van der Waals surface area contributed by atoms with Crippen LogP contribution >= 0.6 is 0 Å². The Bertz CT molecular complexity index is 349. The van der Waals surface area contributed by atoms with Crippen LogP contribution in [0.15, 0.2) is 16.5 Å². The molecule has 0 fully saturated rings. The molecule has 2 N–H and O–H groups in total. The third-order valence-electron chi connectivity index (χ3n) is 2.50. The van der Waals surface area contributed by atoms with Crippen LogP contribution in [-0.4, -0.2) is 31.2 Å². The zero-order chi connectivity index (χ0) is 13.1. The molecule has 0 amide bonds. The Labute approximate surface area is 98.4 Å². The van der Waals surface area contributed by atoms with Gasteiger partial charge in [-0.3, -0.25) is 4.90 Å². The molecule has 17 heavy (non-hydrogen) atoms. The van der Waals surface area contributed by atoms with E-state index < -0.39 is 18.6 Å². The van der Waals surface area contributed by atoms with Gasteiger partial charge in [-0.15, -0.1) is 0 Å². The van der Waals surface area contributed by atoms with E-state index in [0.29, 0.717) is 12.3 Å². The second-order valence-corrected chi connectivity index (χ2v) is 4.18. The van der Waals surface area contributed by atoms with Gasteiger partial charge in [0.05, 0.1) is 12.5 Å². The second kappa shape index (κ2) is 5.55. The third kappa shape index (κ3) is 4.40. The molecule has 1 unspecified atom stereocenters. The van der Waals surface area contributed by atoms with Crippen molar-refractivity contribution in [3.8, 4) is 0 Å². The Morgan fingerprint density at radius 3 is 2.47 bits per heavy atom. The highest BCUT2D eigenvalue weighted by atomic mass is 19.4. The molecule has 1 aromatic rings. The summed E-state index contributed by atoms with van der Waals surface area (Å²) < 4.78 is 42.8. The van der Waals surface area contributed by atoms with Crippen molar-refractivity contribution in [1.82, 2.24) is 4.90 Å². The smallest absolute Gasteiger partial charge is 0.394 e. The first-order chi connectivity index (χ1) is 7.82. The maximum Gasteiger partial charge on any atom is 0.394 e. The molecule has 0 spiro atoms. The molecule has 1 heterocycles. The minimum absolute atomic E-state index is 0.125. The summed E-state index contributed by atoms with van der Waals surface area (Å²) in [6.45, 7) is 1.62. The van der Waals surface area contributed by atoms with Gasteiger partial charge in [-0.2, -0.15) is 13.2 Å². The van der Waals surface area contributed by atoms with E-state index in [4.69, 9.17) is 10.2 Å². The van der Waals surface area contributed by atoms with Gasteiger partial charge in [0.25, 0.3) is 0 Å². The van der Waals surface area contributed by atoms with Crippen molar-refractivity contribution < 1.29 is 17.6 Å². The fourth-order valence-electron chi connectivity index (χ4n) is 1.59. The summed E-state index contributed by atoms with van der Waals surface area (Å²) in [4.78, 5) is 1.56. The zero-order valence-corrected chi connectivity index (χ0v) is 9.92. The number of furan rings is 1. The van der Waals surface area contributed by atoms with Gasteiger partial charge in [-0.25, -0.2) is 0 Å². The minimum Gasteiger partial charge on any atom is -0.465 e. The lowest BCUT2D eigenvalue weighted by Crippen LogP contribution is -2.39. The molecule has 0 saturated heterocycles. The van der Waals surface area contributed by atoms with Gasteiger partial charge in [0.15, 0.2) is 0 Å². The molecular formula is C11H17F3N2O. The van der Waals surface area contributed by atoms with Gasteiger partial charge in [0.2, 0.25) is 0 Å². The SMILES string of the molecule is Cc1ccc(CN(C)CC(CN)C(F)(F)F)o1. The fourth-order valence-corrected chi connectivity index (χ4v) is 1.59. The van der Waals surface area contributed by atoms with Crippen molar-refractivity contribution in [3.63, 3.8) is 0 Å². The number of alkyl halides is 3. The molecule has 0 aliphatic rings. The maximum absolute atomic E-state index is 12.5. The average molecular weight is 250 g/mol. The maximum atomic E-state index is 12.5. The molecule has 0 bridgehead atoms. The van der Waals surface area contributed by atoms with Crippen molar-refractivity contribution in [2.24, 2.45) is 11.7 Å². The highest BCUT2D eigenvalue weighted by molar-refractivity contribution is 5.05. The Morgan fingerprint density at radius 2 is 2.06 bits per heavy atom. The molecule has 0 radical (unpaired) electrons. The number of rotatable bonds is 5. The summed E-state index contributed by atoms with van der Waals surface area (Å²) in [5.74, 6) is -0.0916. The van der Waals surface area contributed by atoms with Crippen molar-refractivity contribution in [1.29, 1.82) is 0 Å². The number of halogens is 3. The Balaban J connectivity index is 2.51. The van der Waals surface area contributed by atoms with Crippen LogP contribution < -0.4 is 5.73 Å². The Hall–Kier alpha value is -1.01. The molecule has 0 aromatic carbocycles. The molecule has 6 heteroatoms. The van der Waals surface area contributed by atoms with Crippen molar-refractivity contribution in [3.05, 3.63) is 23.7 Å². The molecule has 1 rings (SSSR count). The summed E-state index contributed by atoms with van der Waals surface area (Å²) in [7, 11) is 1.62. The van der Waals surface area contributed by atoms with Crippen LogP contribution in [0.2, 0.25) is 0 Å². The fraction of sp³-hybridized carbons (Fsp3) is 0.636. The zero-order valence-electron chi connectivity index (χ0n) is 9.92. The predicted octanol–water partition coefficient (Wildman–Crippen LogP) is 2.16. The Morgan fingerprint density at radius 1 is 1.41 bits per heavy atom. The number of nitrogens with two attached hydrogens (primary N) is 1. The standard InChI is InChI=1S/C11H17F3N2O/c1-8-3-4-10(17-8)7-16(2)6-9(5-15)11(12,13)14/h3-4,9H,5-7,15H2,1-2H3. The third-order valence-corrected chi connectivity index (χ3v) is 2.50. The largest absolute Gasteiger partial charge is 0.465 e. The number of hydrogen-bond acceptors (Lipinski definition) is 3.